The van der Waals surface area contributed by atoms with Gasteiger partial charge < -0.3 is 0 Å². The molecule has 1 unspecified atom stereocenters. The maximum atomic E-state index is 2.48. The molecule has 0 aromatic rings. The lowest BCUT2D eigenvalue weighted by molar-refractivity contribution is 0.519. The van der Waals surface area contributed by atoms with E-state index in [0.29, 0.717) is 0 Å². The molecule has 0 heteroatoms. The molecule has 0 aromatic carbocycles. The van der Waals surface area contributed by atoms with Crippen LogP contribution in [0.5, 0.6) is 0 Å². The third-order valence-electron chi connectivity index (χ3n) is 2.76. The molecule has 0 spiro atoms. The van der Waals surface area contributed by atoms with E-state index in [0.717, 1.165) is 5.92 Å². The second kappa shape index (κ2) is 8.34. The Balaban J connectivity index is 4.15. The second-order valence-corrected chi connectivity index (χ2v) is 3.82. The first-order chi connectivity index (χ1) is 6.29. The molecule has 0 radical (unpaired) electrons. The summed E-state index contributed by atoms with van der Waals surface area (Å²) in [5.41, 5.74) is 1.70. The van der Waals surface area contributed by atoms with Gasteiger partial charge in [-0.05, 0) is 31.6 Å². The van der Waals surface area contributed by atoms with Gasteiger partial charge in [-0.1, -0.05) is 52.2 Å². The van der Waals surface area contributed by atoms with Gasteiger partial charge in [-0.2, -0.15) is 0 Å². The SMILES string of the molecule is CCCC=C(CC)C(CC)CCC. The summed E-state index contributed by atoms with van der Waals surface area (Å²) in [5.74, 6) is 0.863. The van der Waals surface area contributed by atoms with Crippen molar-refractivity contribution in [2.45, 2.75) is 66.2 Å². The Morgan fingerprint density at radius 3 is 2.15 bits per heavy atom. The van der Waals surface area contributed by atoms with Crippen LogP contribution in [-0.4, -0.2) is 0 Å². The zero-order chi connectivity index (χ0) is 10.1. The molecule has 0 aliphatic heterocycles. The Labute approximate surface area is 84.4 Å². The predicted molar refractivity (Wildman–Crippen MR) is 62.0 cm³/mol. The van der Waals surface area contributed by atoms with Gasteiger partial charge in [0.2, 0.25) is 0 Å². The van der Waals surface area contributed by atoms with Gasteiger partial charge in [-0.25, -0.2) is 0 Å². The number of rotatable bonds is 7. The van der Waals surface area contributed by atoms with Crippen LogP contribution in [0, 0.1) is 5.92 Å². The molecule has 0 heterocycles. The highest BCUT2D eigenvalue weighted by atomic mass is 14.1. The molecule has 0 aliphatic carbocycles. The van der Waals surface area contributed by atoms with Crippen LogP contribution in [0.25, 0.3) is 0 Å². The summed E-state index contributed by atoms with van der Waals surface area (Å²) in [6, 6.07) is 0. The van der Waals surface area contributed by atoms with E-state index in [-0.39, 0.29) is 0 Å². The molecule has 0 N–H and O–H groups in total. The van der Waals surface area contributed by atoms with Crippen molar-refractivity contribution in [1.29, 1.82) is 0 Å². The predicted octanol–water partition coefficient (Wildman–Crippen LogP) is 4.95. The first-order valence-electron chi connectivity index (χ1n) is 5.98. The van der Waals surface area contributed by atoms with E-state index in [1.54, 1.807) is 5.57 Å². The Hall–Kier alpha value is -0.260. The number of hydrogen-bond acceptors (Lipinski definition) is 0. The maximum Gasteiger partial charge on any atom is -0.0206 e. The number of hydrogen-bond donors (Lipinski definition) is 0. The van der Waals surface area contributed by atoms with E-state index in [1.807, 2.05) is 0 Å². The van der Waals surface area contributed by atoms with Crippen molar-refractivity contribution < 1.29 is 0 Å². The highest BCUT2D eigenvalue weighted by Crippen LogP contribution is 2.23. The summed E-state index contributed by atoms with van der Waals surface area (Å²) < 4.78 is 0. The standard InChI is InChI=1S/C13H26/c1-5-9-11-13(8-4)12(7-3)10-6-2/h11-12H,5-10H2,1-4H3. The van der Waals surface area contributed by atoms with Crippen molar-refractivity contribution in [3.63, 3.8) is 0 Å². The van der Waals surface area contributed by atoms with Crippen molar-refractivity contribution >= 4 is 0 Å². The summed E-state index contributed by atoms with van der Waals surface area (Å²) in [7, 11) is 0. The minimum atomic E-state index is 0.863. The van der Waals surface area contributed by atoms with Crippen LogP contribution in [0.3, 0.4) is 0 Å². The zero-order valence-corrected chi connectivity index (χ0v) is 9.90. The van der Waals surface area contributed by atoms with Gasteiger partial charge in [0.15, 0.2) is 0 Å². The largest absolute Gasteiger partial charge is 0.0851 e. The summed E-state index contributed by atoms with van der Waals surface area (Å²) in [6.07, 6.45) is 10.3. The van der Waals surface area contributed by atoms with Crippen molar-refractivity contribution in [1.82, 2.24) is 0 Å². The molecule has 0 saturated heterocycles. The summed E-state index contributed by atoms with van der Waals surface area (Å²) in [5, 5.41) is 0. The van der Waals surface area contributed by atoms with Gasteiger partial charge in [-0.15, -0.1) is 0 Å². The van der Waals surface area contributed by atoms with Crippen LogP contribution in [-0.2, 0) is 0 Å². The fraction of sp³-hybridized carbons (Fsp3) is 0.846. The number of allylic oxidation sites excluding steroid dienone is 2. The van der Waals surface area contributed by atoms with Gasteiger partial charge in [0.25, 0.3) is 0 Å². The molecule has 78 valence electrons. The summed E-state index contributed by atoms with van der Waals surface area (Å²) in [6.45, 7) is 9.15. The van der Waals surface area contributed by atoms with E-state index in [2.05, 4.69) is 33.8 Å². The molecule has 0 saturated carbocycles. The first kappa shape index (κ1) is 12.7. The lowest BCUT2D eigenvalue weighted by Gasteiger charge is -2.17. The van der Waals surface area contributed by atoms with Gasteiger partial charge in [0.05, 0.1) is 0 Å². The maximum absolute atomic E-state index is 2.48. The Morgan fingerprint density at radius 1 is 1.08 bits per heavy atom. The highest BCUT2D eigenvalue weighted by Gasteiger charge is 2.08. The third-order valence-corrected chi connectivity index (χ3v) is 2.76. The van der Waals surface area contributed by atoms with Crippen molar-refractivity contribution in [3.05, 3.63) is 11.6 Å². The molecular weight excluding hydrogens is 156 g/mol. The molecule has 0 bridgehead atoms. The molecule has 0 amide bonds. The van der Waals surface area contributed by atoms with Crippen molar-refractivity contribution in [2.75, 3.05) is 0 Å². The second-order valence-electron chi connectivity index (χ2n) is 3.82. The normalized spacial score (nSPS) is 14.6. The fourth-order valence-electron chi connectivity index (χ4n) is 1.93. The van der Waals surface area contributed by atoms with E-state index in [1.165, 1.54) is 38.5 Å². The van der Waals surface area contributed by atoms with Gasteiger partial charge in [-0.3, -0.25) is 0 Å². The van der Waals surface area contributed by atoms with E-state index in [4.69, 9.17) is 0 Å². The Bertz CT molecular complexity index is 133. The lowest BCUT2D eigenvalue weighted by atomic mass is 9.89. The Morgan fingerprint density at radius 2 is 1.77 bits per heavy atom. The zero-order valence-electron chi connectivity index (χ0n) is 9.90. The molecular formula is C13H26. The Kier molecular flexibility index (Phi) is 8.18. The molecule has 0 rings (SSSR count). The van der Waals surface area contributed by atoms with Gasteiger partial charge >= 0.3 is 0 Å². The third kappa shape index (κ3) is 5.13. The minimum absolute atomic E-state index is 0.863. The minimum Gasteiger partial charge on any atom is -0.0851 e. The average Bonchev–Trinajstić information content (AvgIpc) is 2.17. The van der Waals surface area contributed by atoms with Crippen LogP contribution < -0.4 is 0 Å². The van der Waals surface area contributed by atoms with Crippen molar-refractivity contribution in [2.24, 2.45) is 5.92 Å². The van der Waals surface area contributed by atoms with Crippen LogP contribution in [0.4, 0.5) is 0 Å². The van der Waals surface area contributed by atoms with Gasteiger partial charge in [0.1, 0.15) is 0 Å². The fourth-order valence-corrected chi connectivity index (χ4v) is 1.93. The van der Waals surface area contributed by atoms with Gasteiger partial charge in [0, 0.05) is 0 Å². The van der Waals surface area contributed by atoms with Crippen LogP contribution in [0.1, 0.15) is 66.2 Å². The molecule has 0 aliphatic rings. The van der Waals surface area contributed by atoms with E-state index < -0.39 is 0 Å². The first-order valence-corrected chi connectivity index (χ1v) is 5.98. The molecule has 0 fully saturated rings. The summed E-state index contributed by atoms with van der Waals surface area (Å²) >= 11 is 0. The molecule has 0 aromatic heterocycles. The lowest BCUT2D eigenvalue weighted by Crippen LogP contribution is -2.02. The monoisotopic (exact) mass is 182 g/mol. The smallest absolute Gasteiger partial charge is 0.0206 e. The van der Waals surface area contributed by atoms with Crippen LogP contribution in [0.15, 0.2) is 11.6 Å². The molecule has 1 atom stereocenters. The molecule has 13 heavy (non-hydrogen) atoms. The van der Waals surface area contributed by atoms with Crippen molar-refractivity contribution in [3.8, 4) is 0 Å². The summed E-state index contributed by atoms with van der Waals surface area (Å²) in [4.78, 5) is 0. The number of unbranched alkanes of at least 4 members (excludes halogenated alkanes) is 1. The van der Waals surface area contributed by atoms with E-state index >= 15 is 0 Å². The highest BCUT2D eigenvalue weighted by molar-refractivity contribution is 5.05. The topological polar surface area (TPSA) is 0 Å². The molecule has 0 nitrogen and oxygen atoms in total. The van der Waals surface area contributed by atoms with E-state index in [9.17, 15) is 0 Å². The average molecular weight is 182 g/mol. The van der Waals surface area contributed by atoms with Crippen LogP contribution >= 0.6 is 0 Å². The quantitative estimate of drug-likeness (QED) is 0.489. The van der Waals surface area contributed by atoms with Crippen LogP contribution in [0.2, 0.25) is 0 Å².